The number of methoxy groups -OCH3 is 1. The summed E-state index contributed by atoms with van der Waals surface area (Å²) in [6.07, 6.45) is 7.58. The molecule has 1 aliphatic carbocycles. The number of pyridine rings is 1. The molecule has 0 unspecified atom stereocenters. The predicted octanol–water partition coefficient (Wildman–Crippen LogP) is 2.42. The van der Waals surface area contributed by atoms with Crippen molar-refractivity contribution in [3.8, 4) is 16.9 Å². The maximum absolute atomic E-state index is 10.1. The zero-order chi connectivity index (χ0) is 17.9. The summed E-state index contributed by atoms with van der Waals surface area (Å²) in [7, 11) is 1.69. The molecule has 3 aromatic rings. The minimum atomic E-state index is -0.363. The lowest BCUT2D eigenvalue weighted by Gasteiger charge is -2.42. The van der Waals surface area contributed by atoms with Crippen molar-refractivity contribution >= 4 is 0 Å². The molecule has 2 heterocycles. The van der Waals surface area contributed by atoms with Crippen LogP contribution in [0.2, 0.25) is 0 Å². The number of rotatable bonds is 6. The second kappa shape index (κ2) is 7.27. The lowest BCUT2D eigenvalue weighted by Crippen LogP contribution is -2.54. The summed E-state index contributed by atoms with van der Waals surface area (Å²) in [6.45, 7) is 0.664. The van der Waals surface area contributed by atoms with Gasteiger partial charge in [0.2, 0.25) is 0 Å². The summed E-state index contributed by atoms with van der Waals surface area (Å²) >= 11 is 0. The average molecular weight is 350 g/mol. The fourth-order valence-electron chi connectivity index (χ4n) is 3.51. The van der Waals surface area contributed by atoms with E-state index in [0.717, 1.165) is 28.9 Å². The van der Waals surface area contributed by atoms with Gasteiger partial charge in [0.25, 0.3) is 0 Å². The molecule has 26 heavy (non-hydrogen) atoms. The maximum Gasteiger partial charge on any atom is 0.123 e. The Balaban J connectivity index is 1.51. The topological polar surface area (TPSA) is 72.2 Å². The van der Waals surface area contributed by atoms with Crippen LogP contribution in [0.3, 0.4) is 0 Å². The Morgan fingerprint density at radius 3 is 2.73 bits per heavy atom. The first kappa shape index (κ1) is 16.8. The van der Waals surface area contributed by atoms with E-state index in [4.69, 9.17) is 4.74 Å². The highest BCUT2D eigenvalue weighted by Crippen LogP contribution is 2.33. The summed E-state index contributed by atoms with van der Waals surface area (Å²) in [6, 6.07) is 12.2. The number of aromatic nitrogens is 3. The van der Waals surface area contributed by atoms with E-state index < -0.39 is 0 Å². The van der Waals surface area contributed by atoms with E-state index >= 15 is 0 Å². The first-order valence-electron chi connectivity index (χ1n) is 8.74. The van der Waals surface area contributed by atoms with Gasteiger partial charge in [0.05, 0.1) is 19.3 Å². The Labute approximate surface area is 152 Å². The molecule has 0 bridgehead atoms. The van der Waals surface area contributed by atoms with Crippen molar-refractivity contribution in [1.29, 1.82) is 0 Å². The lowest BCUT2D eigenvalue weighted by atomic mass is 9.83. The summed E-state index contributed by atoms with van der Waals surface area (Å²) in [5.74, 6) is 0.853. The number of aliphatic hydroxyl groups excluding tert-OH is 1. The normalized spacial score (nSPS) is 22.0. The Kier molecular flexibility index (Phi) is 4.69. The van der Waals surface area contributed by atoms with E-state index in [0.29, 0.717) is 6.54 Å². The second-order valence-electron chi connectivity index (χ2n) is 6.53. The molecule has 1 aromatic carbocycles. The Morgan fingerprint density at radius 1 is 1.19 bits per heavy atom. The van der Waals surface area contributed by atoms with Crippen LogP contribution in [-0.4, -0.2) is 39.1 Å². The van der Waals surface area contributed by atoms with E-state index in [9.17, 15) is 5.11 Å². The third-order valence-corrected chi connectivity index (χ3v) is 4.98. The summed E-state index contributed by atoms with van der Waals surface area (Å²) < 4.78 is 7.35. The quantitative estimate of drug-likeness (QED) is 0.714. The highest BCUT2D eigenvalue weighted by atomic mass is 16.5. The van der Waals surface area contributed by atoms with Crippen molar-refractivity contribution in [1.82, 2.24) is 20.1 Å². The third kappa shape index (κ3) is 3.21. The van der Waals surface area contributed by atoms with Crippen LogP contribution in [0.5, 0.6) is 5.75 Å². The summed E-state index contributed by atoms with van der Waals surface area (Å²) in [4.78, 5) is 4.08. The van der Waals surface area contributed by atoms with E-state index in [1.54, 1.807) is 25.7 Å². The number of benzene rings is 1. The van der Waals surface area contributed by atoms with E-state index in [1.807, 2.05) is 35.1 Å². The van der Waals surface area contributed by atoms with Crippen LogP contribution in [0, 0.1) is 0 Å². The lowest BCUT2D eigenvalue weighted by molar-refractivity contribution is -0.00826. The number of nitrogens with zero attached hydrogens (tertiary/aromatic N) is 3. The van der Waals surface area contributed by atoms with Gasteiger partial charge in [0.15, 0.2) is 0 Å². The molecule has 3 atom stereocenters. The van der Waals surface area contributed by atoms with Gasteiger partial charge in [-0.15, -0.1) is 0 Å². The molecule has 2 aromatic heterocycles. The van der Waals surface area contributed by atoms with Crippen molar-refractivity contribution in [2.45, 2.75) is 31.2 Å². The molecule has 1 saturated carbocycles. The fourth-order valence-corrected chi connectivity index (χ4v) is 3.51. The zero-order valence-corrected chi connectivity index (χ0v) is 14.6. The number of hydrogen-bond acceptors (Lipinski definition) is 5. The Bertz CT molecular complexity index is 852. The largest absolute Gasteiger partial charge is 0.496 e. The maximum atomic E-state index is 10.1. The minimum absolute atomic E-state index is 0.0284. The molecule has 2 N–H and O–H groups in total. The Morgan fingerprint density at radius 2 is 2.04 bits per heavy atom. The zero-order valence-electron chi connectivity index (χ0n) is 14.6. The van der Waals surface area contributed by atoms with Gasteiger partial charge in [-0.1, -0.05) is 6.07 Å². The molecule has 0 spiro atoms. The van der Waals surface area contributed by atoms with Gasteiger partial charge in [0.1, 0.15) is 5.75 Å². The van der Waals surface area contributed by atoms with Crippen LogP contribution in [0.15, 0.2) is 61.2 Å². The summed E-state index contributed by atoms with van der Waals surface area (Å²) in [5.41, 5.74) is 3.34. The fraction of sp³-hybridized carbons (Fsp3) is 0.300. The van der Waals surface area contributed by atoms with Gasteiger partial charge in [-0.3, -0.25) is 9.67 Å². The second-order valence-corrected chi connectivity index (χ2v) is 6.53. The van der Waals surface area contributed by atoms with Crippen LogP contribution >= 0.6 is 0 Å². The van der Waals surface area contributed by atoms with Gasteiger partial charge < -0.3 is 15.2 Å². The first-order valence-corrected chi connectivity index (χ1v) is 8.74. The van der Waals surface area contributed by atoms with Gasteiger partial charge in [-0.05, 0) is 47.9 Å². The number of ether oxygens (including phenoxy) is 1. The van der Waals surface area contributed by atoms with Crippen molar-refractivity contribution in [2.24, 2.45) is 0 Å². The smallest absolute Gasteiger partial charge is 0.123 e. The molecule has 0 aliphatic heterocycles. The molecule has 1 aliphatic rings. The molecule has 1 fully saturated rings. The predicted molar refractivity (Wildman–Crippen MR) is 98.7 cm³/mol. The minimum Gasteiger partial charge on any atom is -0.496 e. The number of nitrogens with one attached hydrogen (secondary N) is 1. The highest BCUT2D eigenvalue weighted by molar-refractivity contribution is 5.65. The highest BCUT2D eigenvalue weighted by Gasteiger charge is 2.41. The van der Waals surface area contributed by atoms with Crippen LogP contribution in [0.25, 0.3) is 11.1 Å². The van der Waals surface area contributed by atoms with Gasteiger partial charge in [-0.2, -0.15) is 5.10 Å². The molecule has 134 valence electrons. The van der Waals surface area contributed by atoms with E-state index in [1.165, 1.54) is 0 Å². The molecule has 0 radical (unpaired) electrons. The standard InChI is InChI=1S/C20H22N4O2/c1-26-19-4-3-15(14-5-8-21-9-6-14)11-16(19)13-22-17-12-18(25)20(17)24-10-2-7-23-24/h2-11,17-18,20,22,25H,12-13H2,1H3/t17-,18+,20+/m0/s1. The van der Waals surface area contributed by atoms with E-state index in [-0.39, 0.29) is 18.2 Å². The van der Waals surface area contributed by atoms with Crippen LogP contribution in [-0.2, 0) is 6.54 Å². The van der Waals surface area contributed by atoms with Gasteiger partial charge in [0, 0.05) is 42.9 Å². The number of aliphatic hydroxyl groups is 1. The van der Waals surface area contributed by atoms with Crippen molar-refractivity contribution in [3.05, 3.63) is 66.7 Å². The van der Waals surface area contributed by atoms with Gasteiger partial charge in [-0.25, -0.2) is 0 Å². The van der Waals surface area contributed by atoms with Crippen molar-refractivity contribution in [3.63, 3.8) is 0 Å². The average Bonchev–Trinajstić information content (AvgIpc) is 3.19. The monoisotopic (exact) mass is 350 g/mol. The molecule has 6 heteroatoms. The van der Waals surface area contributed by atoms with Gasteiger partial charge >= 0.3 is 0 Å². The molecule has 4 rings (SSSR count). The molecular formula is C20H22N4O2. The summed E-state index contributed by atoms with van der Waals surface area (Å²) in [5, 5.41) is 17.9. The Hall–Kier alpha value is -2.70. The number of hydrogen-bond donors (Lipinski definition) is 2. The molecule has 6 nitrogen and oxygen atoms in total. The van der Waals surface area contributed by atoms with Crippen molar-refractivity contribution in [2.75, 3.05) is 7.11 Å². The van der Waals surface area contributed by atoms with Crippen LogP contribution < -0.4 is 10.1 Å². The SMILES string of the molecule is COc1ccc(-c2ccncc2)cc1CN[C@H]1C[C@@H](O)[C@@H]1n1cccn1. The molecule has 0 amide bonds. The third-order valence-electron chi connectivity index (χ3n) is 4.98. The molecular weight excluding hydrogens is 328 g/mol. The van der Waals surface area contributed by atoms with E-state index in [2.05, 4.69) is 27.5 Å². The molecule has 0 saturated heterocycles. The van der Waals surface area contributed by atoms with Crippen molar-refractivity contribution < 1.29 is 9.84 Å². The van der Waals surface area contributed by atoms with Crippen LogP contribution in [0.4, 0.5) is 0 Å². The first-order chi connectivity index (χ1) is 12.8. The van der Waals surface area contributed by atoms with Crippen LogP contribution in [0.1, 0.15) is 18.0 Å².